The second kappa shape index (κ2) is 6.31. The van der Waals surface area contributed by atoms with Crippen LogP contribution in [0.5, 0.6) is 0 Å². The second-order valence-electron chi connectivity index (χ2n) is 4.56. The van der Waals surface area contributed by atoms with Crippen LogP contribution in [0.4, 0.5) is 0 Å². The van der Waals surface area contributed by atoms with Crippen LogP contribution in [0, 0.1) is 0 Å². The molecular weight excluding hydrogens is 214 g/mol. The van der Waals surface area contributed by atoms with Gasteiger partial charge in [-0.05, 0) is 49.9 Å². The summed E-state index contributed by atoms with van der Waals surface area (Å²) in [6.45, 7) is 0.790. The Morgan fingerprint density at radius 2 is 1.81 bits per heavy atom. The van der Waals surface area contributed by atoms with Gasteiger partial charge in [0.1, 0.15) is 0 Å². The van der Waals surface area contributed by atoms with E-state index in [2.05, 4.69) is 36.0 Å². The van der Waals surface area contributed by atoms with Crippen LogP contribution < -0.4 is 5.73 Å². The first-order valence-corrected chi connectivity index (χ1v) is 7.22. The van der Waals surface area contributed by atoms with E-state index in [4.69, 9.17) is 5.73 Å². The van der Waals surface area contributed by atoms with Gasteiger partial charge in [0, 0.05) is 10.1 Å². The third-order valence-electron chi connectivity index (χ3n) is 3.20. The van der Waals surface area contributed by atoms with Gasteiger partial charge in [0.2, 0.25) is 0 Å². The monoisotopic (exact) mass is 235 g/mol. The fourth-order valence-electron chi connectivity index (χ4n) is 2.24. The molecule has 1 aliphatic carbocycles. The predicted molar refractivity (Wildman–Crippen MR) is 71.9 cm³/mol. The van der Waals surface area contributed by atoms with Crippen LogP contribution in [0.2, 0.25) is 0 Å². The molecule has 0 atom stereocenters. The minimum Gasteiger partial charge on any atom is -0.330 e. The van der Waals surface area contributed by atoms with Crippen LogP contribution in [-0.4, -0.2) is 11.8 Å². The SMILES string of the molecule is NCCCc1ccc(SC2CCCC2)cc1. The molecule has 0 heterocycles. The lowest BCUT2D eigenvalue weighted by Gasteiger charge is -2.09. The minimum atomic E-state index is 0.790. The molecule has 2 heteroatoms. The van der Waals surface area contributed by atoms with E-state index in [-0.39, 0.29) is 0 Å². The third-order valence-corrected chi connectivity index (χ3v) is 4.55. The van der Waals surface area contributed by atoms with Gasteiger partial charge in [-0.2, -0.15) is 0 Å². The van der Waals surface area contributed by atoms with Crippen LogP contribution in [0.1, 0.15) is 37.7 Å². The van der Waals surface area contributed by atoms with Crippen LogP contribution in [-0.2, 0) is 6.42 Å². The van der Waals surface area contributed by atoms with Crippen molar-refractivity contribution in [2.75, 3.05) is 6.54 Å². The van der Waals surface area contributed by atoms with Gasteiger partial charge in [0.25, 0.3) is 0 Å². The van der Waals surface area contributed by atoms with E-state index >= 15 is 0 Å². The fraction of sp³-hybridized carbons (Fsp3) is 0.571. The summed E-state index contributed by atoms with van der Waals surface area (Å²) in [5, 5.41) is 0.870. The van der Waals surface area contributed by atoms with E-state index in [1.807, 2.05) is 0 Å². The topological polar surface area (TPSA) is 26.0 Å². The number of thioether (sulfide) groups is 1. The Bertz CT molecular complexity index is 301. The number of rotatable bonds is 5. The van der Waals surface area contributed by atoms with Crippen molar-refractivity contribution in [3.8, 4) is 0 Å². The van der Waals surface area contributed by atoms with Crippen molar-refractivity contribution in [3.63, 3.8) is 0 Å². The maximum atomic E-state index is 5.51. The fourth-order valence-corrected chi connectivity index (χ4v) is 3.49. The Hall–Kier alpha value is -0.470. The first-order chi connectivity index (χ1) is 7.88. The number of benzene rings is 1. The number of nitrogens with two attached hydrogens (primary N) is 1. The van der Waals surface area contributed by atoms with Crippen LogP contribution in [0.15, 0.2) is 29.2 Å². The largest absolute Gasteiger partial charge is 0.330 e. The quantitative estimate of drug-likeness (QED) is 0.843. The molecule has 1 saturated carbocycles. The van der Waals surface area contributed by atoms with Gasteiger partial charge in [-0.3, -0.25) is 0 Å². The molecule has 0 aromatic heterocycles. The molecule has 88 valence electrons. The highest BCUT2D eigenvalue weighted by molar-refractivity contribution is 8.00. The minimum absolute atomic E-state index is 0.790. The van der Waals surface area contributed by atoms with E-state index in [0.29, 0.717) is 0 Å². The second-order valence-corrected chi connectivity index (χ2v) is 5.93. The molecule has 0 unspecified atom stereocenters. The molecule has 1 fully saturated rings. The molecule has 1 aliphatic rings. The molecule has 1 nitrogen and oxygen atoms in total. The van der Waals surface area contributed by atoms with Crippen molar-refractivity contribution in [2.24, 2.45) is 5.73 Å². The zero-order valence-electron chi connectivity index (χ0n) is 9.82. The first kappa shape index (κ1) is 12.0. The lowest BCUT2D eigenvalue weighted by molar-refractivity contribution is 0.832. The molecule has 0 aliphatic heterocycles. The molecule has 1 aromatic carbocycles. The Morgan fingerprint density at radius 1 is 1.12 bits per heavy atom. The molecule has 0 saturated heterocycles. The molecule has 16 heavy (non-hydrogen) atoms. The molecule has 1 aromatic rings. The van der Waals surface area contributed by atoms with E-state index in [9.17, 15) is 0 Å². The van der Waals surface area contributed by atoms with Gasteiger partial charge in [-0.15, -0.1) is 11.8 Å². The molecular formula is C14H21NS. The van der Waals surface area contributed by atoms with Gasteiger partial charge >= 0.3 is 0 Å². The normalized spacial score (nSPS) is 16.8. The Kier molecular flexibility index (Phi) is 4.73. The van der Waals surface area contributed by atoms with Crippen molar-refractivity contribution in [2.45, 2.75) is 48.7 Å². The summed E-state index contributed by atoms with van der Waals surface area (Å²) in [6.07, 6.45) is 7.86. The summed E-state index contributed by atoms with van der Waals surface area (Å²) in [6, 6.07) is 9.06. The van der Waals surface area contributed by atoms with Crippen molar-refractivity contribution in [1.29, 1.82) is 0 Å². The Balaban J connectivity index is 1.86. The van der Waals surface area contributed by atoms with E-state index in [1.165, 1.54) is 36.1 Å². The number of hydrogen-bond donors (Lipinski definition) is 1. The maximum Gasteiger partial charge on any atom is 0.00944 e. The zero-order chi connectivity index (χ0) is 11.2. The van der Waals surface area contributed by atoms with E-state index in [0.717, 1.165) is 24.6 Å². The van der Waals surface area contributed by atoms with Crippen molar-refractivity contribution in [1.82, 2.24) is 0 Å². The lowest BCUT2D eigenvalue weighted by Crippen LogP contribution is -2.00. The highest BCUT2D eigenvalue weighted by atomic mass is 32.2. The Labute approximate surface area is 103 Å². The van der Waals surface area contributed by atoms with Crippen LogP contribution >= 0.6 is 11.8 Å². The van der Waals surface area contributed by atoms with E-state index in [1.54, 1.807) is 0 Å². The first-order valence-electron chi connectivity index (χ1n) is 6.34. The molecule has 0 radical (unpaired) electrons. The highest BCUT2D eigenvalue weighted by Crippen LogP contribution is 2.34. The van der Waals surface area contributed by atoms with Crippen LogP contribution in [0.25, 0.3) is 0 Å². The predicted octanol–water partition coefficient (Wildman–Crippen LogP) is 3.61. The van der Waals surface area contributed by atoms with E-state index < -0.39 is 0 Å². The average Bonchev–Trinajstić information content (AvgIpc) is 2.81. The molecule has 0 bridgehead atoms. The van der Waals surface area contributed by atoms with Crippen molar-refractivity contribution >= 4 is 11.8 Å². The molecule has 0 amide bonds. The summed E-state index contributed by atoms with van der Waals surface area (Å²) in [5.74, 6) is 0. The van der Waals surface area contributed by atoms with Gasteiger partial charge in [-0.25, -0.2) is 0 Å². The van der Waals surface area contributed by atoms with Gasteiger partial charge in [-0.1, -0.05) is 25.0 Å². The third kappa shape index (κ3) is 3.53. The van der Waals surface area contributed by atoms with Gasteiger partial charge in [0.05, 0.1) is 0 Å². The molecule has 2 N–H and O–H groups in total. The summed E-state index contributed by atoms with van der Waals surface area (Å²) < 4.78 is 0. The van der Waals surface area contributed by atoms with Crippen molar-refractivity contribution in [3.05, 3.63) is 29.8 Å². The highest BCUT2D eigenvalue weighted by Gasteiger charge is 2.15. The van der Waals surface area contributed by atoms with Gasteiger partial charge < -0.3 is 5.73 Å². The summed E-state index contributed by atoms with van der Waals surface area (Å²) in [4.78, 5) is 1.43. The maximum absolute atomic E-state index is 5.51. The summed E-state index contributed by atoms with van der Waals surface area (Å²) in [5.41, 5.74) is 6.93. The lowest BCUT2D eigenvalue weighted by atomic mass is 10.1. The standard InChI is InChI=1S/C14H21NS/c15-11-3-4-12-7-9-14(10-8-12)16-13-5-1-2-6-13/h7-10,13H,1-6,11,15H2. The number of aryl methyl sites for hydroxylation is 1. The molecule has 0 spiro atoms. The summed E-state index contributed by atoms with van der Waals surface area (Å²) >= 11 is 2.06. The molecule has 2 rings (SSSR count). The van der Waals surface area contributed by atoms with Crippen molar-refractivity contribution < 1.29 is 0 Å². The number of hydrogen-bond acceptors (Lipinski definition) is 2. The summed E-state index contributed by atoms with van der Waals surface area (Å²) in [7, 11) is 0. The zero-order valence-corrected chi connectivity index (χ0v) is 10.6. The smallest absolute Gasteiger partial charge is 0.00944 e. The van der Waals surface area contributed by atoms with Gasteiger partial charge in [0.15, 0.2) is 0 Å². The Morgan fingerprint density at radius 3 is 2.44 bits per heavy atom. The average molecular weight is 235 g/mol. The van der Waals surface area contributed by atoms with Crippen LogP contribution in [0.3, 0.4) is 0 Å².